The third kappa shape index (κ3) is 5.22. The van der Waals surface area contributed by atoms with Crippen molar-refractivity contribution in [3.05, 3.63) is 5.53 Å². The number of aliphatic hydroxyl groups is 1. The standard InChI is InChI=1S/C16H31N3O4Si/c1-7-22-15(21)14(19-17)11-8-9-13(20)12(18-11)10-23-24(5,6)16(2,3)4/h11-13,18,20H,7-10H2,1-6H3/t11-,12+,13-/m0/s1. The normalized spacial score (nSPS) is 25.0. The number of hydrogen-bond donors (Lipinski definition) is 2. The Labute approximate surface area is 145 Å². The van der Waals surface area contributed by atoms with Gasteiger partial charge in [-0.3, -0.25) is 5.32 Å². The minimum absolute atomic E-state index is 0.0546. The minimum Gasteiger partial charge on any atom is -0.457 e. The van der Waals surface area contributed by atoms with Crippen LogP contribution in [-0.4, -0.2) is 61.3 Å². The Kier molecular flexibility index (Phi) is 7.31. The molecule has 0 aromatic rings. The van der Waals surface area contributed by atoms with Crippen molar-refractivity contribution in [2.45, 2.75) is 76.9 Å². The van der Waals surface area contributed by atoms with E-state index in [0.29, 0.717) is 19.4 Å². The van der Waals surface area contributed by atoms with E-state index in [9.17, 15) is 9.90 Å². The largest absolute Gasteiger partial charge is 0.457 e. The summed E-state index contributed by atoms with van der Waals surface area (Å²) in [6.07, 6.45) is 0.436. The number of hydrogen-bond acceptors (Lipinski definition) is 5. The van der Waals surface area contributed by atoms with E-state index in [1.54, 1.807) is 6.92 Å². The van der Waals surface area contributed by atoms with E-state index in [1.165, 1.54) is 0 Å². The summed E-state index contributed by atoms with van der Waals surface area (Å²) in [6.45, 7) is 13.0. The highest BCUT2D eigenvalue weighted by Crippen LogP contribution is 2.36. The number of nitrogens with zero attached hydrogens (tertiary/aromatic N) is 2. The number of esters is 1. The lowest BCUT2D eigenvalue weighted by Gasteiger charge is -2.39. The minimum atomic E-state index is -1.93. The first kappa shape index (κ1) is 21.0. The molecule has 138 valence electrons. The predicted molar refractivity (Wildman–Crippen MR) is 94.4 cm³/mol. The van der Waals surface area contributed by atoms with Gasteiger partial charge in [0.2, 0.25) is 0 Å². The number of carbonyl (C=O) groups is 1. The highest BCUT2D eigenvalue weighted by molar-refractivity contribution is 6.74. The SMILES string of the molecule is CCOC(=O)C(=[N+]=[N-])[C@@H]1CC[C@H](O)[C@@H](CO[Si](C)(C)C(C)(C)C)N1. The molecule has 24 heavy (non-hydrogen) atoms. The van der Waals surface area contributed by atoms with Crippen molar-refractivity contribution in [2.75, 3.05) is 13.2 Å². The van der Waals surface area contributed by atoms with Crippen LogP contribution >= 0.6 is 0 Å². The van der Waals surface area contributed by atoms with Crippen LogP contribution in [0.1, 0.15) is 40.5 Å². The van der Waals surface area contributed by atoms with Gasteiger partial charge in [-0.1, -0.05) is 20.8 Å². The summed E-state index contributed by atoms with van der Waals surface area (Å²) in [5.41, 5.74) is 9.10. The molecule has 1 aliphatic heterocycles. The van der Waals surface area contributed by atoms with E-state index >= 15 is 0 Å². The van der Waals surface area contributed by atoms with Gasteiger partial charge in [-0.25, -0.2) is 4.79 Å². The topological polar surface area (TPSA) is 104 Å². The van der Waals surface area contributed by atoms with Gasteiger partial charge in [0.1, 0.15) is 6.04 Å². The second-order valence-electron chi connectivity index (χ2n) is 7.75. The first-order valence-electron chi connectivity index (χ1n) is 8.50. The van der Waals surface area contributed by atoms with Gasteiger partial charge >= 0.3 is 11.7 Å². The first-order valence-corrected chi connectivity index (χ1v) is 11.4. The molecule has 0 radical (unpaired) electrons. The van der Waals surface area contributed by atoms with Crippen molar-refractivity contribution in [3.63, 3.8) is 0 Å². The zero-order chi connectivity index (χ0) is 18.5. The van der Waals surface area contributed by atoms with Gasteiger partial charge in [-0.2, -0.15) is 4.79 Å². The molecule has 8 heteroatoms. The summed E-state index contributed by atoms with van der Waals surface area (Å²) < 4.78 is 11.1. The van der Waals surface area contributed by atoms with Crippen LogP contribution in [-0.2, 0) is 14.0 Å². The van der Waals surface area contributed by atoms with Gasteiger partial charge in [-0.05, 0) is 37.9 Å². The van der Waals surface area contributed by atoms with E-state index in [-0.39, 0.29) is 23.4 Å². The molecular formula is C16H31N3O4Si. The van der Waals surface area contributed by atoms with Crippen molar-refractivity contribution in [1.82, 2.24) is 5.32 Å². The molecule has 1 fully saturated rings. The summed E-state index contributed by atoms with van der Waals surface area (Å²) in [7, 11) is -1.93. The zero-order valence-corrected chi connectivity index (χ0v) is 16.6. The quantitative estimate of drug-likeness (QED) is 0.248. The third-order valence-electron chi connectivity index (χ3n) is 4.98. The molecule has 3 atom stereocenters. The highest BCUT2D eigenvalue weighted by Gasteiger charge is 2.42. The molecule has 1 saturated heterocycles. The summed E-state index contributed by atoms with van der Waals surface area (Å²) in [5.74, 6) is -0.641. The van der Waals surface area contributed by atoms with Crippen LogP contribution < -0.4 is 5.32 Å². The number of piperidine rings is 1. The third-order valence-corrected chi connectivity index (χ3v) is 9.48. The van der Waals surface area contributed by atoms with Crippen LogP contribution in [0.25, 0.3) is 5.53 Å². The lowest BCUT2D eigenvalue weighted by atomic mass is 9.93. The van der Waals surface area contributed by atoms with E-state index in [0.717, 1.165) is 0 Å². The Morgan fingerprint density at radius 3 is 2.50 bits per heavy atom. The molecule has 1 aliphatic rings. The molecule has 0 unspecified atom stereocenters. The van der Waals surface area contributed by atoms with Crippen LogP contribution in [0.2, 0.25) is 18.1 Å². The molecule has 0 saturated carbocycles. The molecule has 0 aromatic heterocycles. The number of rotatable bonds is 6. The molecule has 0 bridgehead atoms. The van der Waals surface area contributed by atoms with Crippen molar-refractivity contribution in [3.8, 4) is 0 Å². The molecular weight excluding hydrogens is 326 g/mol. The van der Waals surface area contributed by atoms with Crippen molar-refractivity contribution in [1.29, 1.82) is 0 Å². The fourth-order valence-corrected chi connectivity index (χ4v) is 3.37. The maximum Gasteiger partial charge on any atom is 0.418 e. The Morgan fingerprint density at radius 1 is 1.38 bits per heavy atom. The van der Waals surface area contributed by atoms with E-state index in [4.69, 9.17) is 14.7 Å². The molecule has 2 N–H and O–H groups in total. The second kappa shape index (κ2) is 8.36. The maximum absolute atomic E-state index is 11.9. The average Bonchev–Trinajstić information content (AvgIpc) is 2.47. The van der Waals surface area contributed by atoms with Crippen LogP contribution in [0.15, 0.2) is 0 Å². The van der Waals surface area contributed by atoms with E-state index in [2.05, 4.69) is 44.0 Å². The van der Waals surface area contributed by atoms with Crippen molar-refractivity contribution >= 4 is 20.0 Å². The number of nitrogens with one attached hydrogen (secondary N) is 1. The summed E-state index contributed by atoms with van der Waals surface area (Å²) in [5, 5.41) is 13.5. The molecule has 1 rings (SSSR count). The summed E-state index contributed by atoms with van der Waals surface area (Å²) >= 11 is 0. The number of carbonyl (C=O) groups excluding carboxylic acids is 1. The molecule has 1 heterocycles. The smallest absolute Gasteiger partial charge is 0.418 e. The van der Waals surface area contributed by atoms with Crippen molar-refractivity contribution < 1.29 is 23.9 Å². The van der Waals surface area contributed by atoms with Crippen LogP contribution in [0.4, 0.5) is 0 Å². The van der Waals surface area contributed by atoms with Crippen LogP contribution in [0.3, 0.4) is 0 Å². The van der Waals surface area contributed by atoms with Crippen LogP contribution in [0, 0.1) is 0 Å². The number of aliphatic hydroxyl groups excluding tert-OH is 1. The fraction of sp³-hybridized carbons (Fsp3) is 0.875. The van der Waals surface area contributed by atoms with Gasteiger partial charge in [0.05, 0.1) is 25.4 Å². The summed E-state index contributed by atoms with van der Waals surface area (Å²) in [4.78, 5) is 15.0. The molecule has 0 aromatic carbocycles. The van der Waals surface area contributed by atoms with E-state index in [1.807, 2.05) is 0 Å². The monoisotopic (exact) mass is 357 g/mol. The van der Waals surface area contributed by atoms with Gasteiger partial charge in [0.15, 0.2) is 8.32 Å². The highest BCUT2D eigenvalue weighted by atomic mass is 28.4. The summed E-state index contributed by atoms with van der Waals surface area (Å²) in [6, 6.07) is -0.769. The predicted octanol–water partition coefficient (Wildman–Crippen LogP) is 1.72. The molecule has 0 amide bonds. The lowest BCUT2D eigenvalue weighted by Crippen LogP contribution is -2.58. The first-order chi connectivity index (χ1) is 11.0. The average molecular weight is 358 g/mol. The van der Waals surface area contributed by atoms with Crippen molar-refractivity contribution in [2.24, 2.45) is 0 Å². The zero-order valence-electron chi connectivity index (χ0n) is 15.6. The Balaban J connectivity index is 2.76. The second-order valence-corrected chi connectivity index (χ2v) is 12.6. The fourth-order valence-electron chi connectivity index (χ4n) is 2.34. The number of ether oxygens (including phenoxy) is 1. The molecule has 0 spiro atoms. The van der Waals surface area contributed by atoms with Gasteiger partial charge in [0.25, 0.3) is 0 Å². The van der Waals surface area contributed by atoms with Gasteiger partial charge in [-0.15, -0.1) is 0 Å². The Bertz CT molecular complexity index is 498. The van der Waals surface area contributed by atoms with Crippen LogP contribution in [0.5, 0.6) is 0 Å². The maximum atomic E-state index is 11.9. The van der Waals surface area contributed by atoms with E-state index < -0.39 is 26.4 Å². The Morgan fingerprint density at radius 2 is 2.00 bits per heavy atom. The lowest BCUT2D eigenvalue weighted by molar-refractivity contribution is -0.140. The molecule has 0 aliphatic carbocycles. The van der Waals surface area contributed by atoms with Gasteiger partial charge in [0, 0.05) is 0 Å². The molecule has 7 nitrogen and oxygen atoms in total. The Hall–Kier alpha value is -1.05. The van der Waals surface area contributed by atoms with Gasteiger partial charge < -0.3 is 19.8 Å².